The average Bonchev–Trinajstić information content (AvgIpc) is 2.50. The quantitative estimate of drug-likeness (QED) is 0.846. The summed E-state index contributed by atoms with van der Waals surface area (Å²) in [6.07, 6.45) is -0.614. The maximum absolute atomic E-state index is 12.3. The average molecular weight is 340 g/mol. The molecule has 2 aromatic carbocycles. The minimum Gasteiger partial charge on any atom is -0.387 e. The largest absolute Gasteiger partial charge is 0.387 e. The highest BCUT2D eigenvalue weighted by Crippen LogP contribution is 2.20. The van der Waals surface area contributed by atoms with Gasteiger partial charge in [-0.25, -0.2) is 0 Å². The van der Waals surface area contributed by atoms with E-state index < -0.39 is 6.10 Å². The summed E-state index contributed by atoms with van der Waals surface area (Å²) in [7, 11) is 1.84. The molecule has 0 heterocycles. The first-order valence-electron chi connectivity index (χ1n) is 8.57. The van der Waals surface area contributed by atoms with Gasteiger partial charge in [-0.1, -0.05) is 47.5 Å². The summed E-state index contributed by atoms with van der Waals surface area (Å²) in [5, 5.41) is 13.4. The fourth-order valence-corrected chi connectivity index (χ4v) is 3.10. The number of aryl methyl sites for hydroxylation is 4. The van der Waals surface area contributed by atoms with Crippen LogP contribution in [0.1, 0.15) is 33.9 Å². The van der Waals surface area contributed by atoms with Crippen molar-refractivity contribution in [1.29, 1.82) is 0 Å². The Bertz CT molecular complexity index is 715. The number of likely N-dealkylation sites (N-methyl/N-ethyl adjacent to an activating group) is 1. The fourth-order valence-electron chi connectivity index (χ4n) is 3.10. The lowest BCUT2D eigenvalue weighted by Crippen LogP contribution is -2.33. The van der Waals surface area contributed by atoms with Gasteiger partial charge in [-0.05, 0) is 51.4 Å². The number of hydrogen-bond donors (Lipinski definition) is 2. The monoisotopic (exact) mass is 340 g/mol. The van der Waals surface area contributed by atoms with Crippen molar-refractivity contribution in [3.05, 3.63) is 64.2 Å². The number of anilines is 1. The lowest BCUT2D eigenvalue weighted by molar-refractivity contribution is -0.117. The van der Waals surface area contributed by atoms with Crippen LogP contribution in [0.25, 0.3) is 0 Å². The van der Waals surface area contributed by atoms with E-state index in [1.807, 2.05) is 70.0 Å². The van der Waals surface area contributed by atoms with E-state index in [9.17, 15) is 9.90 Å². The van der Waals surface area contributed by atoms with Crippen molar-refractivity contribution in [2.45, 2.75) is 33.8 Å². The molecule has 2 aromatic rings. The number of aliphatic hydroxyl groups is 1. The lowest BCUT2D eigenvalue weighted by atomic mass is 10.0. The van der Waals surface area contributed by atoms with Gasteiger partial charge in [0.1, 0.15) is 0 Å². The summed E-state index contributed by atoms with van der Waals surface area (Å²) in [5.41, 5.74) is 6.11. The van der Waals surface area contributed by atoms with Crippen LogP contribution in [0.15, 0.2) is 36.4 Å². The molecular formula is C21H28N2O2. The summed E-state index contributed by atoms with van der Waals surface area (Å²) in [6, 6.07) is 12.0. The maximum atomic E-state index is 12.3. The molecule has 4 nitrogen and oxygen atoms in total. The van der Waals surface area contributed by atoms with Crippen molar-refractivity contribution in [2.75, 3.05) is 25.5 Å². The first kappa shape index (κ1) is 19.2. The van der Waals surface area contributed by atoms with E-state index in [-0.39, 0.29) is 12.5 Å². The Morgan fingerprint density at radius 3 is 2.20 bits per heavy atom. The Morgan fingerprint density at radius 2 is 1.64 bits per heavy atom. The number of carbonyl (C=O) groups is 1. The third-order valence-corrected chi connectivity index (χ3v) is 4.27. The second-order valence-corrected chi connectivity index (χ2v) is 6.95. The summed E-state index contributed by atoms with van der Waals surface area (Å²) < 4.78 is 0. The van der Waals surface area contributed by atoms with Gasteiger partial charge < -0.3 is 10.4 Å². The Morgan fingerprint density at radius 1 is 1.08 bits per heavy atom. The van der Waals surface area contributed by atoms with Gasteiger partial charge in [-0.2, -0.15) is 0 Å². The van der Waals surface area contributed by atoms with E-state index in [2.05, 4.69) is 11.4 Å². The smallest absolute Gasteiger partial charge is 0.238 e. The molecule has 4 heteroatoms. The van der Waals surface area contributed by atoms with E-state index in [4.69, 9.17) is 0 Å². The Hall–Kier alpha value is -2.17. The summed E-state index contributed by atoms with van der Waals surface area (Å²) in [4.78, 5) is 14.2. The highest BCUT2D eigenvalue weighted by molar-refractivity contribution is 5.93. The molecule has 134 valence electrons. The van der Waals surface area contributed by atoms with Crippen LogP contribution >= 0.6 is 0 Å². The molecule has 0 saturated carbocycles. The molecule has 0 saturated heterocycles. The summed E-state index contributed by atoms with van der Waals surface area (Å²) in [5.74, 6) is -0.0764. The maximum Gasteiger partial charge on any atom is 0.238 e. The number of hydrogen-bond acceptors (Lipinski definition) is 3. The van der Waals surface area contributed by atoms with Crippen LogP contribution in [-0.2, 0) is 4.79 Å². The number of aliphatic hydroxyl groups excluding tert-OH is 1. The molecule has 0 radical (unpaired) electrons. The summed E-state index contributed by atoms with van der Waals surface area (Å²) >= 11 is 0. The van der Waals surface area contributed by atoms with E-state index in [0.29, 0.717) is 6.54 Å². The van der Waals surface area contributed by atoms with Gasteiger partial charge >= 0.3 is 0 Å². The first-order valence-corrected chi connectivity index (χ1v) is 8.57. The zero-order valence-electron chi connectivity index (χ0n) is 15.8. The predicted molar refractivity (Wildman–Crippen MR) is 103 cm³/mol. The molecule has 2 rings (SSSR count). The van der Waals surface area contributed by atoms with Gasteiger partial charge in [-0.15, -0.1) is 0 Å². The zero-order chi connectivity index (χ0) is 18.6. The van der Waals surface area contributed by atoms with E-state index in [0.717, 1.165) is 33.5 Å². The third-order valence-electron chi connectivity index (χ3n) is 4.27. The number of amides is 1. The van der Waals surface area contributed by atoms with Gasteiger partial charge in [0.05, 0.1) is 12.6 Å². The molecule has 1 atom stereocenters. The highest BCUT2D eigenvalue weighted by atomic mass is 16.3. The topological polar surface area (TPSA) is 52.6 Å². The normalized spacial score (nSPS) is 12.3. The molecule has 0 bridgehead atoms. The number of carbonyl (C=O) groups excluding carboxylic acids is 1. The molecule has 0 aromatic heterocycles. The van der Waals surface area contributed by atoms with E-state index in [1.165, 1.54) is 0 Å². The standard InChI is InChI=1S/C21H28N2O2/c1-14-9-15(2)11-18(10-14)19(24)12-23(5)13-20(25)22-21-16(3)7-6-8-17(21)4/h6-11,19,24H,12-13H2,1-5H3,(H,22,25). The molecule has 0 aliphatic carbocycles. The molecule has 0 aliphatic heterocycles. The molecule has 2 N–H and O–H groups in total. The van der Waals surface area contributed by atoms with Gasteiger partial charge in [0.25, 0.3) is 0 Å². The minimum absolute atomic E-state index is 0.0764. The van der Waals surface area contributed by atoms with E-state index in [1.54, 1.807) is 0 Å². The Labute approximate surface area is 150 Å². The minimum atomic E-state index is -0.614. The molecular weight excluding hydrogens is 312 g/mol. The SMILES string of the molecule is Cc1cc(C)cc(C(O)CN(C)CC(=O)Nc2c(C)cccc2C)c1. The fraction of sp³-hybridized carbons (Fsp3) is 0.381. The van der Waals surface area contributed by atoms with Crippen LogP contribution < -0.4 is 5.32 Å². The first-order chi connectivity index (χ1) is 11.8. The number of nitrogens with one attached hydrogen (secondary N) is 1. The number of para-hydroxylation sites is 1. The van der Waals surface area contributed by atoms with Crippen molar-refractivity contribution < 1.29 is 9.90 Å². The molecule has 25 heavy (non-hydrogen) atoms. The zero-order valence-corrected chi connectivity index (χ0v) is 15.8. The Balaban J connectivity index is 1.95. The van der Waals surface area contributed by atoms with Crippen molar-refractivity contribution in [2.24, 2.45) is 0 Å². The van der Waals surface area contributed by atoms with Crippen LogP contribution in [0.5, 0.6) is 0 Å². The second-order valence-electron chi connectivity index (χ2n) is 6.95. The third kappa shape index (κ3) is 5.41. The molecule has 1 amide bonds. The number of benzene rings is 2. The van der Waals surface area contributed by atoms with Crippen LogP contribution in [-0.4, -0.2) is 36.1 Å². The molecule has 0 aliphatic rings. The predicted octanol–water partition coefficient (Wildman–Crippen LogP) is 3.52. The van der Waals surface area contributed by atoms with Gasteiger partial charge in [0.15, 0.2) is 0 Å². The number of rotatable bonds is 6. The highest BCUT2D eigenvalue weighted by Gasteiger charge is 2.15. The van der Waals surface area contributed by atoms with Gasteiger partial charge in [0, 0.05) is 12.2 Å². The van der Waals surface area contributed by atoms with Crippen LogP contribution in [0.2, 0.25) is 0 Å². The van der Waals surface area contributed by atoms with Crippen molar-refractivity contribution in [3.8, 4) is 0 Å². The van der Waals surface area contributed by atoms with Crippen LogP contribution in [0.4, 0.5) is 5.69 Å². The molecule has 1 unspecified atom stereocenters. The van der Waals surface area contributed by atoms with E-state index >= 15 is 0 Å². The van der Waals surface area contributed by atoms with Gasteiger partial charge in [0.2, 0.25) is 5.91 Å². The lowest BCUT2D eigenvalue weighted by Gasteiger charge is -2.21. The van der Waals surface area contributed by atoms with Crippen molar-refractivity contribution >= 4 is 11.6 Å². The van der Waals surface area contributed by atoms with Crippen LogP contribution in [0, 0.1) is 27.7 Å². The molecule has 0 fully saturated rings. The van der Waals surface area contributed by atoms with Crippen LogP contribution in [0.3, 0.4) is 0 Å². The Kier molecular flexibility index (Phi) is 6.34. The second kappa shape index (κ2) is 8.28. The molecule has 0 spiro atoms. The number of nitrogens with zero attached hydrogens (tertiary/aromatic N) is 1. The van der Waals surface area contributed by atoms with Crippen molar-refractivity contribution in [3.63, 3.8) is 0 Å². The summed E-state index contributed by atoms with van der Waals surface area (Å²) in [6.45, 7) is 8.64. The van der Waals surface area contributed by atoms with Crippen molar-refractivity contribution in [1.82, 2.24) is 4.90 Å². The van der Waals surface area contributed by atoms with Gasteiger partial charge in [-0.3, -0.25) is 9.69 Å².